The van der Waals surface area contributed by atoms with Crippen molar-refractivity contribution >= 4 is 0 Å². The van der Waals surface area contributed by atoms with Crippen LogP contribution in [0.15, 0.2) is 25.3 Å². The third-order valence-corrected chi connectivity index (χ3v) is 1.63. The topological polar surface area (TPSA) is 58.9 Å². The summed E-state index contributed by atoms with van der Waals surface area (Å²) in [4.78, 5) is 0. The molecule has 0 spiro atoms. The van der Waals surface area contributed by atoms with Gasteiger partial charge in [0.2, 0.25) is 0 Å². The third kappa shape index (κ3) is 5.14. The van der Waals surface area contributed by atoms with E-state index in [1.807, 2.05) is 0 Å². The Labute approximate surface area is 84.5 Å². The van der Waals surface area contributed by atoms with Crippen LogP contribution in [0.25, 0.3) is 0 Å². The molecule has 82 valence electrons. The Morgan fingerprint density at radius 3 is 1.50 bits per heavy atom. The van der Waals surface area contributed by atoms with Crippen LogP contribution in [0.4, 0.5) is 0 Å². The zero-order valence-corrected chi connectivity index (χ0v) is 8.26. The molecule has 0 unspecified atom stereocenters. The molecule has 0 radical (unpaired) electrons. The van der Waals surface area contributed by atoms with Crippen molar-refractivity contribution in [2.75, 3.05) is 26.4 Å². The van der Waals surface area contributed by atoms with Crippen LogP contribution in [0, 0.1) is 0 Å². The van der Waals surface area contributed by atoms with Gasteiger partial charge >= 0.3 is 0 Å². The first kappa shape index (κ1) is 13.3. The quantitative estimate of drug-likeness (QED) is 0.521. The Hall–Kier alpha value is -0.680. The zero-order chi connectivity index (χ0) is 10.8. The smallest absolute Gasteiger partial charge is 0.109 e. The summed E-state index contributed by atoms with van der Waals surface area (Å²) < 4.78 is 10.4. The largest absolute Gasteiger partial charge is 0.394 e. The van der Waals surface area contributed by atoms with Gasteiger partial charge < -0.3 is 19.7 Å². The lowest BCUT2D eigenvalue weighted by Gasteiger charge is -2.23. The van der Waals surface area contributed by atoms with E-state index >= 15 is 0 Å². The standard InChI is InChI=1S/C10H18O4/c1-3-5-13-9(7-11)10(8-12)14-6-4-2/h3-4,9-12H,1-2,5-8H2/t9-,10+. The average Bonchev–Trinajstić information content (AvgIpc) is 2.23. The van der Waals surface area contributed by atoms with Crippen LogP contribution in [-0.2, 0) is 9.47 Å². The predicted octanol–water partition coefficient (Wildman–Crippen LogP) is 0.113. The molecule has 2 atom stereocenters. The van der Waals surface area contributed by atoms with Crippen molar-refractivity contribution < 1.29 is 19.7 Å². The first-order chi connectivity index (χ1) is 6.79. The van der Waals surface area contributed by atoms with Crippen LogP contribution in [0.5, 0.6) is 0 Å². The van der Waals surface area contributed by atoms with E-state index in [9.17, 15) is 0 Å². The highest BCUT2D eigenvalue weighted by molar-refractivity contribution is 4.75. The van der Waals surface area contributed by atoms with Crippen LogP contribution < -0.4 is 0 Å². The highest BCUT2D eigenvalue weighted by atomic mass is 16.6. The van der Waals surface area contributed by atoms with Gasteiger partial charge in [0.05, 0.1) is 26.4 Å². The Morgan fingerprint density at radius 2 is 1.29 bits per heavy atom. The summed E-state index contributed by atoms with van der Waals surface area (Å²) in [6.07, 6.45) is 2.09. The van der Waals surface area contributed by atoms with Gasteiger partial charge in [-0.1, -0.05) is 12.2 Å². The van der Waals surface area contributed by atoms with Gasteiger partial charge in [-0.15, -0.1) is 13.2 Å². The van der Waals surface area contributed by atoms with Crippen LogP contribution in [0.2, 0.25) is 0 Å². The second-order valence-electron chi connectivity index (χ2n) is 2.69. The first-order valence-corrected chi connectivity index (χ1v) is 4.46. The molecule has 0 fully saturated rings. The van der Waals surface area contributed by atoms with Crippen LogP contribution in [-0.4, -0.2) is 48.8 Å². The highest BCUT2D eigenvalue weighted by Gasteiger charge is 2.20. The van der Waals surface area contributed by atoms with Crippen molar-refractivity contribution in [3.05, 3.63) is 25.3 Å². The maximum Gasteiger partial charge on any atom is 0.109 e. The van der Waals surface area contributed by atoms with Gasteiger partial charge in [0.1, 0.15) is 12.2 Å². The number of hydrogen-bond acceptors (Lipinski definition) is 4. The number of aliphatic hydroxyl groups excluding tert-OH is 2. The van der Waals surface area contributed by atoms with Gasteiger partial charge in [-0.3, -0.25) is 0 Å². The average molecular weight is 202 g/mol. The lowest BCUT2D eigenvalue weighted by atomic mass is 10.2. The summed E-state index contributed by atoms with van der Waals surface area (Å²) in [6.45, 7) is 7.22. The van der Waals surface area contributed by atoms with Gasteiger partial charge in [0.25, 0.3) is 0 Å². The summed E-state index contributed by atoms with van der Waals surface area (Å²) in [5.41, 5.74) is 0. The number of rotatable bonds is 9. The van der Waals surface area contributed by atoms with E-state index in [4.69, 9.17) is 19.7 Å². The van der Waals surface area contributed by atoms with Crippen molar-refractivity contribution in [2.24, 2.45) is 0 Å². The molecule has 4 heteroatoms. The lowest BCUT2D eigenvalue weighted by Crippen LogP contribution is -2.37. The molecule has 0 aliphatic heterocycles. The Balaban J connectivity index is 3.98. The van der Waals surface area contributed by atoms with Crippen molar-refractivity contribution in [2.45, 2.75) is 12.2 Å². The van der Waals surface area contributed by atoms with E-state index in [1.54, 1.807) is 12.2 Å². The molecular weight excluding hydrogens is 184 g/mol. The van der Waals surface area contributed by atoms with Crippen molar-refractivity contribution in [1.82, 2.24) is 0 Å². The fraction of sp³-hybridized carbons (Fsp3) is 0.600. The van der Waals surface area contributed by atoms with Crippen molar-refractivity contribution in [3.63, 3.8) is 0 Å². The Kier molecular flexibility index (Phi) is 8.47. The summed E-state index contributed by atoms with van der Waals surface area (Å²) >= 11 is 0. The van der Waals surface area contributed by atoms with E-state index in [-0.39, 0.29) is 13.2 Å². The summed E-state index contributed by atoms with van der Waals surface area (Å²) in [5.74, 6) is 0. The van der Waals surface area contributed by atoms with Crippen LogP contribution in [0.1, 0.15) is 0 Å². The normalized spacial score (nSPS) is 14.7. The maximum atomic E-state index is 8.98. The molecule has 0 aliphatic carbocycles. The Bertz CT molecular complexity index is 140. The van der Waals surface area contributed by atoms with E-state index in [0.29, 0.717) is 13.2 Å². The number of aliphatic hydroxyl groups is 2. The van der Waals surface area contributed by atoms with E-state index in [1.165, 1.54) is 0 Å². The van der Waals surface area contributed by atoms with Gasteiger partial charge in [-0.2, -0.15) is 0 Å². The Morgan fingerprint density at radius 1 is 0.929 bits per heavy atom. The highest BCUT2D eigenvalue weighted by Crippen LogP contribution is 2.04. The predicted molar refractivity (Wildman–Crippen MR) is 54.0 cm³/mol. The van der Waals surface area contributed by atoms with E-state index in [2.05, 4.69) is 13.2 Å². The fourth-order valence-corrected chi connectivity index (χ4v) is 0.938. The monoisotopic (exact) mass is 202 g/mol. The minimum absolute atomic E-state index is 0.198. The minimum Gasteiger partial charge on any atom is -0.394 e. The van der Waals surface area contributed by atoms with E-state index in [0.717, 1.165) is 0 Å². The molecule has 2 N–H and O–H groups in total. The molecule has 14 heavy (non-hydrogen) atoms. The summed E-state index contributed by atoms with van der Waals surface area (Å²) in [6, 6.07) is 0. The summed E-state index contributed by atoms with van der Waals surface area (Å²) in [7, 11) is 0. The molecular formula is C10H18O4. The van der Waals surface area contributed by atoms with Gasteiger partial charge in [0.15, 0.2) is 0 Å². The van der Waals surface area contributed by atoms with Gasteiger partial charge in [-0.05, 0) is 0 Å². The molecule has 0 bridgehead atoms. The molecule has 0 saturated heterocycles. The fourth-order valence-electron chi connectivity index (χ4n) is 0.938. The number of hydrogen-bond donors (Lipinski definition) is 2. The zero-order valence-electron chi connectivity index (χ0n) is 8.26. The SMILES string of the molecule is C=CCO[C@@H](CO)[C@@H](CO)OCC=C. The van der Waals surface area contributed by atoms with Crippen LogP contribution >= 0.6 is 0 Å². The van der Waals surface area contributed by atoms with Crippen molar-refractivity contribution in [3.8, 4) is 0 Å². The first-order valence-electron chi connectivity index (χ1n) is 4.46. The molecule has 4 nitrogen and oxygen atoms in total. The number of ether oxygens (including phenoxy) is 2. The molecule has 0 aromatic rings. The van der Waals surface area contributed by atoms with E-state index < -0.39 is 12.2 Å². The molecule has 0 aliphatic rings. The maximum absolute atomic E-state index is 8.98. The molecule has 0 amide bonds. The molecule has 0 heterocycles. The summed E-state index contributed by atoms with van der Waals surface area (Å²) in [5, 5.41) is 18.0. The minimum atomic E-state index is -0.530. The van der Waals surface area contributed by atoms with Gasteiger partial charge in [-0.25, -0.2) is 0 Å². The second kappa shape index (κ2) is 8.90. The van der Waals surface area contributed by atoms with Gasteiger partial charge in [0, 0.05) is 0 Å². The van der Waals surface area contributed by atoms with Crippen molar-refractivity contribution in [1.29, 1.82) is 0 Å². The second-order valence-corrected chi connectivity index (χ2v) is 2.69. The third-order valence-electron chi connectivity index (χ3n) is 1.63. The lowest BCUT2D eigenvalue weighted by molar-refractivity contribution is -0.0967. The molecule has 0 rings (SSSR count). The molecule has 0 aromatic carbocycles. The molecule has 0 saturated carbocycles. The molecule has 0 aromatic heterocycles. The van der Waals surface area contributed by atoms with Crippen LogP contribution in [0.3, 0.4) is 0 Å².